The molecule has 0 aromatic carbocycles. The fourth-order valence-electron chi connectivity index (χ4n) is 1.13. The lowest BCUT2D eigenvalue weighted by Gasteiger charge is -2.07. The molecule has 1 rings (SSSR count). The number of aryl methyl sites for hydroxylation is 1. The Morgan fingerprint density at radius 2 is 2.31 bits per heavy atom. The topological polar surface area (TPSA) is 34.9 Å². The van der Waals surface area contributed by atoms with Gasteiger partial charge in [0, 0.05) is 12.7 Å². The number of aromatic nitrogens is 2. The fourth-order valence-corrected chi connectivity index (χ4v) is 1.45. The van der Waals surface area contributed by atoms with Crippen LogP contribution in [0.1, 0.15) is 25.6 Å². The van der Waals surface area contributed by atoms with E-state index in [0.717, 1.165) is 25.2 Å². The van der Waals surface area contributed by atoms with E-state index in [1.165, 1.54) is 0 Å². The van der Waals surface area contributed by atoms with Crippen molar-refractivity contribution in [1.82, 2.24) is 9.55 Å². The molecular weight excluding hydrogens is 232 g/mol. The third-order valence-corrected chi connectivity index (χ3v) is 2.48. The van der Waals surface area contributed by atoms with E-state index in [2.05, 4.69) is 27.8 Å². The van der Waals surface area contributed by atoms with Crippen molar-refractivity contribution < 1.29 is 0 Å². The molecule has 1 heterocycles. The summed E-state index contributed by atoms with van der Waals surface area (Å²) in [4.78, 5) is 15.7. The maximum atomic E-state index is 11.6. The highest BCUT2D eigenvalue weighted by atomic mass is 79.9. The van der Waals surface area contributed by atoms with Gasteiger partial charge in [-0.1, -0.05) is 13.3 Å². The SMILES string of the molecule is CCCCn1c(C)ncc(Br)c1=O. The predicted molar refractivity (Wildman–Crippen MR) is 55.8 cm³/mol. The van der Waals surface area contributed by atoms with E-state index in [4.69, 9.17) is 0 Å². The van der Waals surface area contributed by atoms with E-state index >= 15 is 0 Å². The van der Waals surface area contributed by atoms with E-state index in [0.29, 0.717) is 4.47 Å². The molecule has 0 radical (unpaired) electrons. The molecule has 0 amide bonds. The Kier molecular flexibility index (Phi) is 3.66. The van der Waals surface area contributed by atoms with Crippen LogP contribution in [0, 0.1) is 6.92 Å². The van der Waals surface area contributed by atoms with Crippen molar-refractivity contribution in [2.75, 3.05) is 0 Å². The lowest BCUT2D eigenvalue weighted by Crippen LogP contribution is -2.23. The van der Waals surface area contributed by atoms with E-state index < -0.39 is 0 Å². The Hall–Kier alpha value is -0.640. The normalized spacial score (nSPS) is 10.4. The molecule has 0 unspecified atom stereocenters. The number of nitrogens with zero attached hydrogens (tertiary/aromatic N) is 2. The molecular formula is C9H13BrN2O. The van der Waals surface area contributed by atoms with Crippen LogP contribution in [0.4, 0.5) is 0 Å². The molecule has 1 aromatic rings. The van der Waals surface area contributed by atoms with Crippen LogP contribution in [0.5, 0.6) is 0 Å². The zero-order chi connectivity index (χ0) is 9.84. The van der Waals surface area contributed by atoms with Gasteiger partial charge in [-0.2, -0.15) is 0 Å². The largest absolute Gasteiger partial charge is 0.296 e. The maximum absolute atomic E-state index is 11.6. The van der Waals surface area contributed by atoms with Gasteiger partial charge in [0.2, 0.25) is 0 Å². The molecule has 0 fully saturated rings. The molecule has 0 saturated heterocycles. The highest BCUT2D eigenvalue weighted by molar-refractivity contribution is 9.10. The zero-order valence-corrected chi connectivity index (χ0v) is 9.47. The van der Waals surface area contributed by atoms with Crippen LogP contribution in [-0.4, -0.2) is 9.55 Å². The van der Waals surface area contributed by atoms with Crippen LogP contribution >= 0.6 is 15.9 Å². The van der Waals surface area contributed by atoms with Gasteiger partial charge in [0.25, 0.3) is 5.56 Å². The lowest BCUT2D eigenvalue weighted by atomic mass is 10.3. The van der Waals surface area contributed by atoms with Gasteiger partial charge in [-0.15, -0.1) is 0 Å². The minimum atomic E-state index is 0.0148. The highest BCUT2D eigenvalue weighted by Gasteiger charge is 2.03. The number of hydrogen-bond donors (Lipinski definition) is 0. The van der Waals surface area contributed by atoms with Crippen LogP contribution in [0.15, 0.2) is 15.5 Å². The molecule has 0 atom stereocenters. The second-order valence-corrected chi connectivity index (χ2v) is 3.82. The zero-order valence-electron chi connectivity index (χ0n) is 7.88. The molecule has 4 heteroatoms. The Balaban J connectivity index is 3.03. The summed E-state index contributed by atoms with van der Waals surface area (Å²) in [6, 6.07) is 0. The monoisotopic (exact) mass is 244 g/mol. The van der Waals surface area contributed by atoms with Gasteiger partial charge in [0.05, 0.1) is 0 Å². The Morgan fingerprint density at radius 3 is 2.92 bits per heavy atom. The molecule has 0 aliphatic heterocycles. The summed E-state index contributed by atoms with van der Waals surface area (Å²) < 4.78 is 2.24. The first-order chi connectivity index (χ1) is 6.16. The number of rotatable bonds is 3. The number of hydrogen-bond acceptors (Lipinski definition) is 2. The minimum absolute atomic E-state index is 0.0148. The summed E-state index contributed by atoms with van der Waals surface area (Å²) >= 11 is 3.18. The molecule has 0 spiro atoms. The summed E-state index contributed by atoms with van der Waals surface area (Å²) in [5, 5.41) is 0. The third kappa shape index (κ3) is 2.40. The fraction of sp³-hybridized carbons (Fsp3) is 0.556. The van der Waals surface area contributed by atoms with Crippen molar-refractivity contribution in [3.05, 3.63) is 26.8 Å². The van der Waals surface area contributed by atoms with Crippen LogP contribution in [-0.2, 0) is 6.54 Å². The van der Waals surface area contributed by atoms with E-state index in [-0.39, 0.29) is 5.56 Å². The molecule has 0 aliphatic carbocycles. The molecule has 0 N–H and O–H groups in total. The van der Waals surface area contributed by atoms with Crippen molar-refractivity contribution in [3.8, 4) is 0 Å². The molecule has 72 valence electrons. The third-order valence-electron chi connectivity index (χ3n) is 1.94. The average molecular weight is 245 g/mol. The number of halogens is 1. The van der Waals surface area contributed by atoms with E-state index in [1.54, 1.807) is 10.8 Å². The summed E-state index contributed by atoms with van der Waals surface area (Å²) in [7, 11) is 0. The molecule has 1 aromatic heterocycles. The lowest BCUT2D eigenvalue weighted by molar-refractivity contribution is 0.583. The van der Waals surface area contributed by atoms with Gasteiger partial charge >= 0.3 is 0 Å². The summed E-state index contributed by atoms with van der Waals surface area (Å²) in [5.41, 5.74) is 0.0148. The molecule has 0 bridgehead atoms. The van der Waals surface area contributed by atoms with Crippen molar-refractivity contribution in [3.63, 3.8) is 0 Å². The van der Waals surface area contributed by atoms with E-state index in [9.17, 15) is 4.79 Å². The summed E-state index contributed by atoms with van der Waals surface area (Å²) in [6.45, 7) is 4.71. The Labute approximate surface area is 85.9 Å². The van der Waals surface area contributed by atoms with E-state index in [1.807, 2.05) is 6.92 Å². The van der Waals surface area contributed by atoms with Crippen molar-refractivity contribution in [1.29, 1.82) is 0 Å². The van der Waals surface area contributed by atoms with Gasteiger partial charge in [-0.25, -0.2) is 4.98 Å². The smallest absolute Gasteiger partial charge is 0.267 e. The maximum Gasteiger partial charge on any atom is 0.267 e. The molecule has 0 aliphatic rings. The van der Waals surface area contributed by atoms with Crippen LogP contribution < -0.4 is 5.56 Å². The van der Waals surface area contributed by atoms with Crippen LogP contribution in [0.25, 0.3) is 0 Å². The van der Waals surface area contributed by atoms with Crippen molar-refractivity contribution >= 4 is 15.9 Å². The summed E-state index contributed by atoms with van der Waals surface area (Å²) in [6.07, 6.45) is 3.65. The standard InChI is InChI=1S/C9H13BrN2O/c1-3-4-5-12-7(2)11-6-8(10)9(12)13/h6H,3-5H2,1-2H3. The van der Waals surface area contributed by atoms with Crippen LogP contribution in [0.2, 0.25) is 0 Å². The second kappa shape index (κ2) is 4.56. The van der Waals surface area contributed by atoms with Gasteiger partial charge < -0.3 is 0 Å². The van der Waals surface area contributed by atoms with Gasteiger partial charge in [0.15, 0.2) is 0 Å². The average Bonchev–Trinajstić information content (AvgIpc) is 2.12. The minimum Gasteiger partial charge on any atom is -0.296 e. The van der Waals surface area contributed by atoms with Gasteiger partial charge in [-0.3, -0.25) is 9.36 Å². The predicted octanol–water partition coefficient (Wildman–Crippen LogP) is 2.11. The van der Waals surface area contributed by atoms with Crippen LogP contribution in [0.3, 0.4) is 0 Å². The van der Waals surface area contributed by atoms with Crippen molar-refractivity contribution in [2.24, 2.45) is 0 Å². The summed E-state index contributed by atoms with van der Waals surface area (Å²) in [5.74, 6) is 0.779. The number of unbranched alkanes of at least 4 members (excludes halogenated alkanes) is 1. The quantitative estimate of drug-likeness (QED) is 0.817. The second-order valence-electron chi connectivity index (χ2n) is 2.96. The first kappa shape index (κ1) is 10.4. The Bertz CT molecular complexity index is 346. The Morgan fingerprint density at radius 1 is 1.62 bits per heavy atom. The van der Waals surface area contributed by atoms with Gasteiger partial charge in [-0.05, 0) is 29.3 Å². The first-order valence-electron chi connectivity index (χ1n) is 4.38. The highest BCUT2D eigenvalue weighted by Crippen LogP contribution is 2.02. The first-order valence-corrected chi connectivity index (χ1v) is 5.18. The van der Waals surface area contributed by atoms with Crippen molar-refractivity contribution in [2.45, 2.75) is 33.2 Å². The molecule has 0 saturated carbocycles. The molecule has 3 nitrogen and oxygen atoms in total. The molecule has 13 heavy (non-hydrogen) atoms. The van der Waals surface area contributed by atoms with Gasteiger partial charge in [0.1, 0.15) is 10.3 Å².